The third-order valence-corrected chi connectivity index (χ3v) is 2.98. The molecular formula is C13H19N3O2. The zero-order valence-corrected chi connectivity index (χ0v) is 10.6. The minimum atomic E-state index is -0.168. The fourth-order valence-electron chi connectivity index (χ4n) is 2.06. The maximum Gasteiger partial charge on any atom is 0.323 e. The van der Waals surface area contributed by atoms with E-state index in [1.807, 2.05) is 18.2 Å². The third kappa shape index (κ3) is 3.21. The van der Waals surface area contributed by atoms with Crippen molar-refractivity contribution in [3.63, 3.8) is 0 Å². The monoisotopic (exact) mass is 249 g/mol. The standard InChI is InChI=1S/C13H19N3O2/c1-16(6-2-3-7-17)9-10-4-5-11-12(8-10)15-13(18)14-11/h4-5,8,17H,2-3,6-7,9H2,1H3,(H2,14,15,18). The van der Waals surface area contributed by atoms with E-state index in [2.05, 4.69) is 21.9 Å². The number of aromatic nitrogens is 2. The number of nitrogens with one attached hydrogen (secondary N) is 2. The van der Waals surface area contributed by atoms with E-state index in [0.29, 0.717) is 0 Å². The van der Waals surface area contributed by atoms with Crippen molar-refractivity contribution in [3.05, 3.63) is 34.2 Å². The fraction of sp³-hybridized carbons (Fsp3) is 0.462. The van der Waals surface area contributed by atoms with E-state index in [0.717, 1.165) is 37.0 Å². The van der Waals surface area contributed by atoms with Crippen LogP contribution in [0, 0.1) is 0 Å². The molecule has 0 unspecified atom stereocenters. The Balaban J connectivity index is 2.00. The van der Waals surface area contributed by atoms with E-state index in [1.165, 1.54) is 5.56 Å². The van der Waals surface area contributed by atoms with E-state index in [1.54, 1.807) is 0 Å². The van der Waals surface area contributed by atoms with Crippen LogP contribution in [0.1, 0.15) is 18.4 Å². The van der Waals surface area contributed by atoms with Crippen molar-refractivity contribution in [2.75, 3.05) is 20.2 Å². The zero-order chi connectivity index (χ0) is 13.0. The molecule has 0 aliphatic rings. The van der Waals surface area contributed by atoms with Gasteiger partial charge in [0.25, 0.3) is 0 Å². The van der Waals surface area contributed by atoms with Gasteiger partial charge in [-0.05, 0) is 44.1 Å². The first kappa shape index (κ1) is 12.9. The number of aliphatic hydroxyl groups excluding tert-OH is 1. The number of hydrogen-bond acceptors (Lipinski definition) is 3. The molecule has 5 nitrogen and oxygen atoms in total. The number of rotatable bonds is 6. The molecule has 0 atom stereocenters. The summed E-state index contributed by atoms with van der Waals surface area (Å²) in [6, 6.07) is 5.94. The SMILES string of the molecule is CN(CCCCO)Cc1ccc2[nH]c(=O)[nH]c2c1. The molecule has 2 rings (SSSR count). The van der Waals surface area contributed by atoms with Crippen LogP contribution in [0.4, 0.5) is 0 Å². The molecule has 0 spiro atoms. The molecule has 5 heteroatoms. The fourth-order valence-corrected chi connectivity index (χ4v) is 2.06. The topological polar surface area (TPSA) is 72.1 Å². The minimum Gasteiger partial charge on any atom is -0.396 e. The van der Waals surface area contributed by atoms with Crippen LogP contribution in [0.5, 0.6) is 0 Å². The normalized spacial score (nSPS) is 11.5. The summed E-state index contributed by atoms with van der Waals surface area (Å²) in [5, 5.41) is 8.73. The van der Waals surface area contributed by atoms with Crippen LogP contribution in [0.2, 0.25) is 0 Å². The van der Waals surface area contributed by atoms with Gasteiger partial charge >= 0.3 is 5.69 Å². The van der Waals surface area contributed by atoms with Gasteiger partial charge in [-0.15, -0.1) is 0 Å². The summed E-state index contributed by atoms with van der Waals surface area (Å²) in [6.45, 7) is 2.06. The van der Waals surface area contributed by atoms with Crippen LogP contribution >= 0.6 is 0 Å². The predicted octanol–water partition coefficient (Wildman–Crippen LogP) is 1.06. The summed E-state index contributed by atoms with van der Waals surface area (Å²) in [6.07, 6.45) is 1.84. The van der Waals surface area contributed by atoms with Gasteiger partial charge in [0.2, 0.25) is 0 Å². The van der Waals surface area contributed by atoms with E-state index < -0.39 is 0 Å². The van der Waals surface area contributed by atoms with Crippen molar-refractivity contribution >= 4 is 11.0 Å². The third-order valence-electron chi connectivity index (χ3n) is 2.98. The molecule has 0 radical (unpaired) electrons. The first-order valence-electron chi connectivity index (χ1n) is 6.19. The molecule has 0 bridgehead atoms. The Morgan fingerprint density at radius 2 is 2.00 bits per heavy atom. The highest BCUT2D eigenvalue weighted by Gasteiger charge is 2.03. The van der Waals surface area contributed by atoms with E-state index in [-0.39, 0.29) is 12.3 Å². The molecule has 1 aromatic carbocycles. The number of aliphatic hydroxyl groups is 1. The van der Waals surface area contributed by atoms with Gasteiger partial charge < -0.3 is 20.0 Å². The zero-order valence-electron chi connectivity index (χ0n) is 10.6. The van der Waals surface area contributed by atoms with Gasteiger partial charge in [-0.25, -0.2) is 4.79 Å². The van der Waals surface area contributed by atoms with Crippen LogP contribution in [0.15, 0.2) is 23.0 Å². The molecular weight excluding hydrogens is 230 g/mol. The Morgan fingerprint density at radius 3 is 2.78 bits per heavy atom. The second kappa shape index (κ2) is 5.84. The van der Waals surface area contributed by atoms with Crippen LogP contribution < -0.4 is 5.69 Å². The van der Waals surface area contributed by atoms with Crippen molar-refractivity contribution in [2.24, 2.45) is 0 Å². The molecule has 0 saturated carbocycles. The van der Waals surface area contributed by atoms with Gasteiger partial charge in [-0.1, -0.05) is 6.07 Å². The largest absolute Gasteiger partial charge is 0.396 e. The average molecular weight is 249 g/mol. The molecule has 0 saturated heterocycles. The lowest BCUT2D eigenvalue weighted by molar-refractivity contribution is 0.261. The highest BCUT2D eigenvalue weighted by atomic mass is 16.2. The second-order valence-corrected chi connectivity index (χ2v) is 4.63. The lowest BCUT2D eigenvalue weighted by Crippen LogP contribution is -2.19. The highest BCUT2D eigenvalue weighted by molar-refractivity contribution is 5.74. The van der Waals surface area contributed by atoms with Crippen LogP contribution in [0.3, 0.4) is 0 Å². The first-order chi connectivity index (χ1) is 8.69. The lowest BCUT2D eigenvalue weighted by atomic mass is 10.2. The van der Waals surface area contributed by atoms with Gasteiger partial charge in [0.1, 0.15) is 0 Å². The number of fused-ring (bicyclic) bond motifs is 1. The van der Waals surface area contributed by atoms with E-state index in [4.69, 9.17) is 5.11 Å². The predicted molar refractivity (Wildman–Crippen MR) is 71.6 cm³/mol. The van der Waals surface area contributed by atoms with Crippen LogP contribution in [-0.4, -0.2) is 40.2 Å². The Hall–Kier alpha value is -1.59. The molecule has 0 aliphatic heterocycles. The molecule has 2 aromatic rings. The second-order valence-electron chi connectivity index (χ2n) is 4.63. The molecule has 3 N–H and O–H groups in total. The summed E-state index contributed by atoms with van der Waals surface area (Å²) >= 11 is 0. The quantitative estimate of drug-likeness (QED) is 0.670. The van der Waals surface area contributed by atoms with Crippen molar-refractivity contribution < 1.29 is 5.11 Å². The summed E-state index contributed by atoms with van der Waals surface area (Å²) in [4.78, 5) is 18.9. The summed E-state index contributed by atoms with van der Waals surface area (Å²) in [5.41, 5.74) is 2.69. The first-order valence-corrected chi connectivity index (χ1v) is 6.19. The van der Waals surface area contributed by atoms with Gasteiger partial charge in [0, 0.05) is 13.2 Å². The number of imidazole rings is 1. The average Bonchev–Trinajstić information content (AvgIpc) is 2.69. The highest BCUT2D eigenvalue weighted by Crippen LogP contribution is 2.11. The van der Waals surface area contributed by atoms with E-state index in [9.17, 15) is 4.79 Å². The molecule has 1 aromatic heterocycles. The number of aromatic amines is 2. The number of benzene rings is 1. The van der Waals surface area contributed by atoms with Crippen molar-refractivity contribution in [1.29, 1.82) is 0 Å². The Bertz CT molecular complexity index is 559. The lowest BCUT2D eigenvalue weighted by Gasteiger charge is -2.16. The molecule has 98 valence electrons. The number of unbranched alkanes of at least 4 members (excludes halogenated alkanes) is 1. The van der Waals surface area contributed by atoms with Crippen LogP contribution in [-0.2, 0) is 6.54 Å². The molecule has 0 aliphatic carbocycles. The summed E-state index contributed by atoms with van der Waals surface area (Å²) < 4.78 is 0. The Kier molecular flexibility index (Phi) is 4.17. The molecule has 0 fully saturated rings. The van der Waals surface area contributed by atoms with Crippen molar-refractivity contribution in [3.8, 4) is 0 Å². The van der Waals surface area contributed by atoms with Gasteiger partial charge in [-0.2, -0.15) is 0 Å². The smallest absolute Gasteiger partial charge is 0.323 e. The summed E-state index contributed by atoms with van der Waals surface area (Å²) in [7, 11) is 2.06. The minimum absolute atomic E-state index is 0.168. The molecule has 0 amide bonds. The number of H-pyrrole nitrogens is 2. The molecule has 18 heavy (non-hydrogen) atoms. The van der Waals surface area contributed by atoms with Crippen LogP contribution in [0.25, 0.3) is 11.0 Å². The van der Waals surface area contributed by atoms with Crippen molar-refractivity contribution in [1.82, 2.24) is 14.9 Å². The number of hydrogen-bond donors (Lipinski definition) is 3. The maximum atomic E-state index is 11.2. The Morgan fingerprint density at radius 1 is 1.22 bits per heavy atom. The van der Waals surface area contributed by atoms with Gasteiger partial charge in [0.05, 0.1) is 11.0 Å². The Labute approximate surface area is 105 Å². The maximum absolute atomic E-state index is 11.2. The molecule has 1 heterocycles. The number of nitrogens with zero attached hydrogens (tertiary/aromatic N) is 1. The van der Waals surface area contributed by atoms with Gasteiger partial charge in [0.15, 0.2) is 0 Å². The van der Waals surface area contributed by atoms with Gasteiger partial charge in [-0.3, -0.25) is 0 Å². The van der Waals surface area contributed by atoms with E-state index >= 15 is 0 Å². The van der Waals surface area contributed by atoms with Crippen molar-refractivity contribution in [2.45, 2.75) is 19.4 Å². The summed E-state index contributed by atoms with van der Waals surface area (Å²) in [5.74, 6) is 0.